The van der Waals surface area contributed by atoms with Crippen LogP contribution >= 0.6 is 11.6 Å². The molecule has 1 N–H and O–H groups in total. The van der Waals surface area contributed by atoms with Gasteiger partial charge in [0.15, 0.2) is 0 Å². The summed E-state index contributed by atoms with van der Waals surface area (Å²) in [7, 11) is 3.44. The highest BCUT2D eigenvalue weighted by atomic mass is 35.5. The maximum absolute atomic E-state index is 13.0. The Balaban J connectivity index is 2.12. The van der Waals surface area contributed by atoms with Gasteiger partial charge in [-0.2, -0.15) is 0 Å². The van der Waals surface area contributed by atoms with E-state index in [1.807, 2.05) is 0 Å². The molecule has 3 rings (SSSR count). The van der Waals surface area contributed by atoms with Gasteiger partial charge in [-0.25, -0.2) is 9.69 Å². The van der Waals surface area contributed by atoms with E-state index in [0.29, 0.717) is 10.7 Å². The lowest BCUT2D eigenvalue weighted by Crippen LogP contribution is -2.54. The van der Waals surface area contributed by atoms with Crippen LogP contribution in [0.15, 0.2) is 42.0 Å². The number of anilines is 2. The Kier molecular flexibility index (Phi) is 5.57. The number of barbiturate groups is 1. The number of hydrogen-bond acceptors (Lipinski definition) is 6. The van der Waals surface area contributed by atoms with E-state index in [4.69, 9.17) is 11.6 Å². The number of carbonyl (C=O) groups excluding carboxylic acids is 3. The number of nitrogens with one attached hydrogen (secondary N) is 1. The van der Waals surface area contributed by atoms with Crippen LogP contribution in [-0.2, 0) is 9.59 Å². The third kappa shape index (κ3) is 3.87. The molecule has 1 fully saturated rings. The van der Waals surface area contributed by atoms with Crippen molar-refractivity contribution in [3.63, 3.8) is 0 Å². The summed E-state index contributed by atoms with van der Waals surface area (Å²) in [4.78, 5) is 50.8. The molecular formula is C20H17ClN4O5. The van der Waals surface area contributed by atoms with E-state index >= 15 is 0 Å². The second-order valence-corrected chi connectivity index (χ2v) is 7.19. The van der Waals surface area contributed by atoms with Gasteiger partial charge in [0, 0.05) is 42.5 Å². The van der Waals surface area contributed by atoms with E-state index in [9.17, 15) is 24.5 Å². The molecule has 0 unspecified atom stereocenters. The molecule has 0 radical (unpaired) electrons. The van der Waals surface area contributed by atoms with Crippen molar-refractivity contribution in [2.45, 2.75) is 6.92 Å². The number of rotatable bonds is 4. The summed E-state index contributed by atoms with van der Waals surface area (Å²) in [6, 6.07) is 7.80. The van der Waals surface area contributed by atoms with Crippen LogP contribution in [-0.4, -0.2) is 36.9 Å². The van der Waals surface area contributed by atoms with E-state index in [1.54, 1.807) is 32.0 Å². The molecule has 2 aromatic carbocycles. The predicted octanol–water partition coefficient (Wildman–Crippen LogP) is 3.29. The number of imide groups is 2. The Morgan fingerprint density at radius 2 is 1.83 bits per heavy atom. The molecule has 10 heteroatoms. The molecule has 9 nitrogen and oxygen atoms in total. The zero-order chi connectivity index (χ0) is 22.2. The Labute approximate surface area is 176 Å². The maximum Gasteiger partial charge on any atom is 0.335 e. The molecule has 0 bridgehead atoms. The van der Waals surface area contributed by atoms with Gasteiger partial charge < -0.3 is 4.90 Å². The van der Waals surface area contributed by atoms with E-state index in [0.717, 1.165) is 10.5 Å². The fourth-order valence-electron chi connectivity index (χ4n) is 2.95. The third-order valence-electron chi connectivity index (χ3n) is 4.52. The number of aryl methyl sites for hydroxylation is 1. The Bertz CT molecular complexity index is 1130. The summed E-state index contributed by atoms with van der Waals surface area (Å²) in [5.41, 5.74) is 1.24. The number of halogens is 1. The van der Waals surface area contributed by atoms with Gasteiger partial charge in [0.25, 0.3) is 17.5 Å². The van der Waals surface area contributed by atoms with Crippen molar-refractivity contribution in [2.75, 3.05) is 23.9 Å². The van der Waals surface area contributed by atoms with Crippen molar-refractivity contribution >= 4 is 52.6 Å². The number of nitro groups is 1. The minimum absolute atomic E-state index is 0.193. The van der Waals surface area contributed by atoms with Crippen molar-refractivity contribution in [1.82, 2.24) is 5.32 Å². The lowest BCUT2D eigenvalue weighted by atomic mass is 10.0. The standard InChI is InChI=1S/C20H17ClN4O5/c1-11-4-5-13(10-16(11)21)24-19(27)15(18(26)22-20(24)28)9-12-8-14(25(29)30)6-7-17(12)23(2)3/h4-10H,1-3H3,(H,22,26,28)/b15-9-. The van der Waals surface area contributed by atoms with Crippen molar-refractivity contribution in [2.24, 2.45) is 0 Å². The average molecular weight is 429 g/mol. The molecule has 30 heavy (non-hydrogen) atoms. The fraction of sp³-hybridized carbons (Fsp3) is 0.150. The van der Waals surface area contributed by atoms with Crippen molar-refractivity contribution in [1.29, 1.82) is 0 Å². The molecule has 4 amide bonds. The monoisotopic (exact) mass is 428 g/mol. The molecule has 154 valence electrons. The minimum Gasteiger partial charge on any atom is -0.377 e. The van der Waals surface area contributed by atoms with Crippen LogP contribution in [0, 0.1) is 17.0 Å². The second-order valence-electron chi connectivity index (χ2n) is 6.79. The number of nitrogens with zero attached hydrogens (tertiary/aromatic N) is 3. The smallest absolute Gasteiger partial charge is 0.335 e. The van der Waals surface area contributed by atoms with Crippen LogP contribution in [0.5, 0.6) is 0 Å². The maximum atomic E-state index is 13.0. The first-order chi connectivity index (χ1) is 14.1. The van der Waals surface area contributed by atoms with E-state index in [1.165, 1.54) is 36.4 Å². The highest BCUT2D eigenvalue weighted by Gasteiger charge is 2.37. The molecule has 1 aliphatic heterocycles. The van der Waals surface area contributed by atoms with Crippen molar-refractivity contribution in [3.05, 3.63) is 68.2 Å². The highest BCUT2D eigenvalue weighted by molar-refractivity contribution is 6.39. The first kappa shape index (κ1) is 21.0. The molecule has 0 atom stereocenters. The first-order valence-electron chi connectivity index (χ1n) is 8.73. The predicted molar refractivity (Wildman–Crippen MR) is 113 cm³/mol. The van der Waals surface area contributed by atoms with E-state index in [-0.39, 0.29) is 22.5 Å². The highest BCUT2D eigenvalue weighted by Crippen LogP contribution is 2.30. The SMILES string of the molecule is Cc1ccc(N2C(=O)NC(=O)/C(=C/c3cc([N+](=O)[O-])ccc3N(C)C)C2=O)cc1Cl. The van der Waals surface area contributed by atoms with Crippen LogP contribution in [0.3, 0.4) is 0 Å². The molecule has 0 aromatic heterocycles. The van der Waals surface area contributed by atoms with Gasteiger partial charge >= 0.3 is 6.03 Å². The number of benzene rings is 2. The number of hydrogen-bond donors (Lipinski definition) is 1. The molecule has 1 aliphatic rings. The molecule has 0 aliphatic carbocycles. The van der Waals surface area contributed by atoms with Crippen LogP contribution in [0.1, 0.15) is 11.1 Å². The summed E-state index contributed by atoms with van der Waals surface area (Å²) < 4.78 is 0. The number of nitro benzene ring substituents is 1. The molecule has 2 aromatic rings. The van der Waals surface area contributed by atoms with E-state index in [2.05, 4.69) is 5.32 Å². The lowest BCUT2D eigenvalue weighted by molar-refractivity contribution is -0.384. The van der Waals surface area contributed by atoms with Gasteiger partial charge in [0.2, 0.25) is 0 Å². The van der Waals surface area contributed by atoms with Crippen molar-refractivity contribution in [3.8, 4) is 0 Å². The summed E-state index contributed by atoms with van der Waals surface area (Å²) in [5, 5.41) is 13.6. The zero-order valence-corrected chi connectivity index (χ0v) is 17.1. The third-order valence-corrected chi connectivity index (χ3v) is 4.93. The number of urea groups is 1. The van der Waals surface area contributed by atoms with Gasteiger partial charge in [0.05, 0.1) is 10.6 Å². The van der Waals surface area contributed by atoms with Crippen LogP contribution in [0.25, 0.3) is 6.08 Å². The van der Waals surface area contributed by atoms with Crippen LogP contribution in [0.4, 0.5) is 21.9 Å². The average Bonchev–Trinajstić information content (AvgIpc) is 2.67. The first-order valence-corrected chi connectivity index (χ1v) is 9.11. The molecule has 1 saturated heterocycles. The topological polar surface area (TPSA) is 113 Å². The molecular weight excluding hydrogens is 412 g/mol. The Hall–Kier alpha value is -3.72. The van der Waals surface area contributed by atoms with E-state index < -0.39 is 22.8 Å². The van der Waals surface area contributed by atoms with Gasteiger partial charge in [-0.1, -0.05) is 17.7 Å². The van der Waals surface area contributed by atoms with Crippen LogP contribution < -0.4 is 15.1 Å². The largest absolute Gasteiger partial charge is 0.377 e. The lowest BCUT2D eigenvalue weighted by Gasteiger charge is -2.27. The zero-order valence-electron chi connectivity index (χ0n) is 16.3. The Morgan fingerprint density at radius 1 is 1.13 bits per heavy atom. The molecule has 1 heterocycles. The quantitative estimate of drug-likeness (QED) is 0.346. The van der Waals surface area contributed by atoms with Crippen LogP contribution in [0.2, 0.25) is 5.02 Å². The Morgan fingerprint density at radius 3 is 2.43 bits per heavy atom. The summed E-state index contributed by atoms with van der Waals surface area (Å²) in [6.07, 6.45) is 1.23. The number of non-ortho nitro benzene ring substituents is 1. The fourth-order valence-corrected chi connectivity index (χ4v) is 3.12. The molecule has 0 spiro atoms. The molecule has 0 saturated carbocycles. The number of amides is 4. The van der Waals surface area contributed by atoms with Crippen molar-refractivity contribution < 1.29 is 19.3 Å². The summed E-state index contributed by atoms with van der Waals surface area (Å²) in [6.45, 7) is 1.77. The van der Waals surface area contributed by atoms with Gasteiger partial charge in [-0.3, -0.25) is 25.0 Å². The summed E-state index contributed by atoms with van der Waals surface area (Å²) >= 11 is 6.11. The normalized spacial score (nSPS) is 15.4. The second kappa shape index (κ2) is 7.96. The van der Waals surface area contributed by atoms with Gasteiger partial charge in [0.1, 0.15) is 5.57 Å². The van der Waals surface area contributed by atoms with Gasteiger partial charge in [-0.05, 0) is 36.8 Å². The number of carbonyl (C=O) groups is 3. The summed E-state index contributed by atoms with van der Waals surface area (Å²) in [5.74, 6) is -1.75. The van der Waals surface area contributed by atoms with Gasteiger partial charge in [-0.15, -0.1) is 0 Å². The minimum atomic E-state index is -0.908.